The summed E-state index contributed by atoms with van der Waals surface area (Å²) in [7, 11) is -10.8. The average Bonchev–Trinajstić information content (AvgIpc) is 3.95. The Morgan fingerprint density at radius 3 is 1.30 bits per heavy atom. The number of amidine groups is 1. The second-order valence-electron chi connectivity index (χ2n) is 15.2. The molecule has 2 aliphatic heterocycles. The van der Waals surface area contributed by atoms with E-state index in [0.29, 0.717) is 71.3 Å². The summed E-state index contributed by atoms with van der Waals surface area (Å²) in [5.41, 5.74) is -3.49. The van der Waals surface area contributed by atoms with E-state index >= 15 is 8.78 Å². The minimum Gasteiger partial charge on any atom is -0.339 e. The minimum absolute atomic E-state index is 0.328. The number of allylic oxidation sites excluding steroid dienone is 2. The number of fused-ring (bicyclic) bond motifs is 2. The number of ketones is 4. The van der Waals surface area contributed by atoms with Gasteiger partial charge in [0.2, 0.25) is 23.1 Å². The number of halogens is 6. The Balaban J connectivity index is 1.05. The second-order valence-corrected chi connectivity index (χ2v) is 18.3. The van der Waals surface area contributed by atoms with Gasteiger partial charge in [0.1, 0.15) is 79.4 Å². The lowest BCUT2D eigenvalue weighted by molar-refractivity contribution is 0.0943. The van der Waals surface area contributed by atoms with E-state index in [1.54, 1.807) is 53.3 Å². The molecule has 8 rings (SSSR count). The van der Waals surface area contributed by atoms with Gasteiger partial charge in [0, 0.05) is 11.1 Å². The molecule has 0 aliphatic carbocycles. The quantitative estimate of drug-likeness (QED) is 0.00885. The van der Waals surface area contributed by atoms with Gasteiger partial charge in [0.05, 0.1) is 33.9 Å². The number of nitrogens with one attached hydrogen (secondary N) is 6. The molecule has 0 saturated carbocycles. The highest BCUT2D eigenvalue weighted by Crippen LogP contribution is 2.35. The second kappa shape index (κ2) is 18.6. The molecule has 0 saturated heterocycles. The van der Waals surface area contributed by atoms with Crippen LogP contribution in [0.3, 0.4) is 0 Å². The van der Waals surface area contributed by atoms with Gasteiger partial charge in [-0.15, -0.1) is 0 Å². The number of para-hydroxylation sites is 4. The van der Waals surface area contributed by atoms with Crippen LogP contribution in [0.25, 0.3) is 0 Å². The first-order chi connectivity index (χ1) is 33.1. The Morgan fingerprint density at radius 2 is 0.886 bits per heavy atom. The summed E-state index contributed by atoms with van der Waals surface area (Å²) < 4.78 is 150. The predicted molar refractivity (Wildman–Crippen MR) is 240 cm³/mol. The van der Waals surface area contributed by atoms with E-state index in [9.17, 15) is 53.6 Å². The molecule has 0 fully saturated rings. The number of benzene rings is 6. The van der Waals surface area contributed by atoms with Crippen LogP contribution in [0.15, 0.2) is 154 Å². The molecule has 6 N–H and O–H groups in total. The van der Waals surface area contributed by atoms with Crippen molar-refractivity contribution >= 4 is 71.9 Å². The molecule has 0 spiro atoms. The highest BCUT2D eigenvalue weighted by atomic mass is 32.2. The molecule has 0 bridgehead atoms. The third-order valence-electron chi connectivity index (χ3n) is 10.5. The predicted octanol–water partition coefficient (Wildman–Crippen LogP) is 8.20. The van der Waals surface area contributed by atoms with Crippen LogP contribution >= 0.6 is 0 Å². The van der Waals surface area contributed by atoms with Crippen molar-refractivity contribution in [1.82, 2.24) is 4.72 Å². The van der Waals surface area contributed by atoms with Crippen molar-refractivity contribution in [2.24, 2.45) is 0 Å². The fraction of sp³-hybridized carbons (Fsp3) is 0.0426. The molecule has 70 heavy (non-hydrogen) atoms. The van der Waals surface area contributed by atoms with E-state index in [4.69, 9.17) is 9.59 Å². The Labute approximate surface area is 392 Å². The standard InChI is InChI=1S/C47H30F6N6O9S2/c1-22(68-70(66,67)38-19-24(11-15-32(38)53)42(61)40(44(63)28-21-26(49)13-17-30(28)51)47-57-35-8-4-5-9-36(35)58-47)45(54)59-69(64,65)37-18-23(10-14-31(37)52)41(60)39(43(62)27-20-25(48)12-16-29(27)50)46-55-33-6-2-3-7-34(33)56-46/h2-22,55-58H,1H3,(H2,54,59)/t22-/m1/s1. The molecular formula is C47H30F6N6O9S2. The summed E-state index contributed by atoms with van der Waals surface area (Å²) in [6, 6.07) is 19.8. The number of anilines is 4. The van der Waals surface area contributed by atoms with Crippen LogP contribution in [-0.2, 0) is 24.3 Å². The van der Waals surface area contributed by atoms with Gasteiger partial charge in [0.25, 0.3) is 10.0 Å². The van der Waals surface area contributed by atoms with Gasteiger partial charge >= 0.3 is 10.1 Å². The van der Waals surface area contributed by atoms with Gasteiger partial charge in [-0.3, -0.25) is 33.5 Å². The van der Waals surface area contributed by atoms with E-state index < -0.39 is 133 Å². The lowest BCUT2D eigenvalue weighted by atomic mass is 9.95. The lowest BCUT2D eigenvalue weighted by Crippen LogP contribution is -2.39. The summed E-state index contributed by atoms with van der Waals surface area (Å²) in [6.07, 6.45) is -2.16. The lowest BCUT2D eigenvalue weighted by Gasteiger charge is -2.17. The van der Waals surface area contributed by atoms with E-state index in [2.05, 4.69) is 21.3 Å². The van der Waals surface area contributed by atoms with Crippen LogP contribution in [0.4, 0.5) is 49.1 Å². The van der Waals surface area contributed by atoms with Crippen molar-refractivity contribution in [2.45, 2.75) is 22.8 Å². The fourth-order valence-corrected chi connectivity index (χ4v) is 9.40. The molecular weight excluding hydrogens is 971 g/mol. The van der Waals surface area contributed by atoms with E-state index in [-0.39, 0.29) is 11.6 Å². The van der Waals surface area contributed by atoms with Gasteiger partial charge in [0.15, 0.2) is 0 Å². The third-order valence-corrected chi connectivity index (χ3v) is 13.3. The van der Waals surface area contributed by atoms with Crippen LogP contribution < -0.4 is 26.0 Å². The van der Waals surface area contributed by atoms with Crippen LogP contribution in [0.2, 0.25) is 0 Å². The number of sulfonamides is 1. The van der Waals surface area contributed by atoms with Crippen molar-refractivity contribution < 1.29 is 66.5 Å². The smallest absolute Gasteiger partial charge is 0.300 e. The van der Waals surface area contributed by atoms with E-state index in [0.717, 1.165) is 31.2 Å². The Bertz CT molecular complexity index is 3530. The minimum atomic E-state index is -5.45. The SMILES string of the molecule is C[C@@H](OS(=O)(=O)c1cc(C(=O)C(C(=O)c2cc(F)ccc2F)=C2Nc3ccccc3N2)ccc1F)C(=N)NS(=O)(=O)c1cc(C(=O)C(C(=O)c2cc(F)ccc2F)=C2Nc3ccccc3N2)ccc1F. The first-order valence-corrected chi connectivity index (χ1v) is 23.0. The summed E-state index contributed by atoms with van der Waals surface area (Å²) in [6.45, 7) is 0.810. The highest BCUT2D eigenvalue weighted by molar-refractivity contribution is 7.90. The van der Waals surface area contributed by atoms with Crippen LogP contribution in [-0.4, -0.2) is 51.9 Å². The fourth-order valence-electron chi connectivity index (χ4n) is 7.07. The Morgan fingerprint density at radius 1 is 0.514 bits per heavy atom. The van der Waals surface area contributed by atoms with Gasteiger partial charge in [-0.25, -0.2) is 34.8 Å². The molecule has 0 amide bonds. The van der Waals surface area contributed by atoms with E-state index in [1.165, 1.54) is 0 Å². The maximum absolute atomic E-state index is 15.4. The summed E-state index contributed by atoms with van der Waals surface area (Å²) in [4.78, 5) is 53.2. The zero-order valence-corrected chi connectivity index (χ0v) is 37.0. The van der Waals surface area contributed by atoms with Gasteiger partial charge in [-0.2, -0.15) is 8.42 Å². The van der Waals surface area contributed by atoms with Crippen LogP contribution in [0, 0.1) is 40.3 Å². The van der Waals surface area contributed by atoms with Gasteiger partial charge < -0.3 is 21.3 Å². The molecule has 6 aromatic carbocycles. The van der Waals surface area contributed by atoms with Crippen LogP contribution in [0.1, 0.15) is 48.4 Å². The number of carbonyl (C=O) groups is 4. The number of Topliss-reactive ketones (excluding diaryl/α,β-unsaturated/α-hetero) is 4. The first kappa shape index (κ1) is 48.1. The first-order valence-electron chi connectivity index (χ1n) is 20.1. The molecule has 6 aromatic rings. The molecule has 15 nitrogen and oxygen atoms in total. The molecule has 2 aliphatic rings. The number of carbonyl (C=O) groups excluding carboxylic acids is 4. The van der Waals surface area contributed by atoms with Crippen molar-refractivity contribution in [3.05, 3.63) is 201 Å². The largest absolute Gasteiger partial charge is 0.339 e. The molecule has 0 unspecified atom stereocenters. The summed E-state index contributed by atoms with van der Waals surface area (Å²) >= 11 is 0. The zero-order chi connectivity index (χ0) is 50.4. The summed E-state index contributed by atoms with van der Waals surface area (Å²) in [5, 5.41) is 19.4. The van der Waals surface area contributed by atoms with Gasteiger partial charge in [-0.1, -0.05) is 24.3 Å². The highest BCUT2D eigenvalue weighted by Gasteiger charge is 2.36. The van der Waals surface area contributed by atoms with Crippen molar-refractivity contribution in [3.63, 3.8) is 0 Å². The number of rotatable bonds is 14. The molecule has 23 heteroatoms. The monoisotopic (exact) mass is 1000 g/mol. The third kappa shape index (κ3) is 9.39. The molecule has 356 valence electrons. The molecule has 0 aromatic heterocycles. The average molecular weight is 1000 g/mol. The Kier molecular flexibility index (Phi) is 12.8. The number of hydrogen-bond donors (Lipinski definition) is 6. The normalized spacial score (nSPS) is 13.1. The van der Waals surface area contributed by atoms with Gasteiger partial charge in [-0.05, 0) is 104 Å². The van der Waals surface area contributed by atoms with Crippen molar-refractivity contribution in [1.29, 1.82) is 5.41 Å². The maximum atomic E-state index is 15.4. The number of hydrogen-bond acceptors (Lipinski definition) is 14. The topological polar surface area (TPSA) is 230 Å². The van der Waals surface area contributed by atoms with Crippen LogP contribution in [0.5, 0.6) is 0 Å². The molecule has 1 atom stereocenters. The Hall–Kier alpha value is -8.41. The van der Waals surface area contributed by atoms with Crippen molar-refractivity contribution in [2.75, 3.05) is 21.3 Å². The maximum Gasteiger partial charge on any atom is 0.300 e. The summed E-state index contributed by atoms with van der Waals surface area (Å²) in [5.74, 6) is -14.9. The molecule has 0 radical (unpaired) electrons. The van der Waals surface area contributed by atoms with E-state index in [1.807, 2.05) is 0 Å². The molecule has 2 heterocycles. The van der Waals surface area contributed by atoms with Crippen molar-refractivity contribution in [3.8, 4) is 0 Å². The zero-order valence-electron chi connectivity index (χ0n) is 35.4.